The van der Waals surface area contributed by atoms with E-state index in [0.29, 0.717) is 30.8 Å². The molecule has 4 rings (SSSR count). The Morgan fingerprint density at radius 2 is 1.57 bits per heavy atom. The lowest BCUT2D eigenvalue weighted by Crippen LogP contribution is -1.85. The molecule has 0 aromatic carbocycles. The highest BCUT2D eigenvalue weighted by Crippen LogP contribution is 2.23. The van der Waals surface area contributed by atoms with Crippen LogP contribution in [0.25, 0.3) is 22.3 Å². The first-order valence-electron chi connectivity index (χ1n) is 5.97. The quantitative estimate of drug-likeness (QED) is 0.271. The molecule has 0 aliphatic rings. The lowest BCUT2D eigenvalue weighted by molar-refractivity contribution is 1.23. The van der Waals surface area contributed by atoms with Gasteiger partial charge in [-0.25, -0.2) is 19.9 Å². The van der Waals surface area contributed by atoms with Gasteiger partial charge >= 0.3 is 0 Å². The van der Waals surface area contributed by atoms with Gasteiger partial charge in [0.2, 0.25) is 0 Å². The standard InChI is InChI=1S/C6H2BrClIN3.C6H3BrClN3/c7-4-5(8)12-6-3(11-4)2(9)1-10-6;7-4-5(8)11-6-3(10-4)1-2-9-6/h1H,(H,10,12);1-2H,(H,9,11). The van der Waals surface area contributed by atoms with Crippen molar-refractivity contribution in [1.29, 1.82) is 0 Å². The fourth-order valence-corrected chi connectivity index (χ4v) is 3.02. The van der Waals surface area contributed by atoms with E-state index in [1.165, 1.54) is 0 Å². The van der Waals surface area contributed by atoms with Crippen molar-refractivity contribution in [3.05, 3.63) is 41.5 Å². The topological polar surface area (TPSA) is 83.1 Å². The number of hydrogen-bond acceptors (Lipinski definition) is 4. The van der Waals surface area contributed by atoms with Crippen LogP contribution in [0.5, 0.6) is 0 Å². The molecule has 0 saturated heterocycles. The van der Waals surface area contributed by atoms with Crippen LogP contribution in [-0.4, -0.2) is 29.9 Å². The van der Waals surface area contributed by atoms with E-state index in [2.05, 4.69) is 84.4 Å². The number of nitrogens with zero attached hydrogens (tertiary/aromatic N) is 4. The van der Waals surface area contributed by atoms with E-state index >= 15 is 0 Å². The maximum absolute atomic E-state index is 5.75. The smallest absolute Gasteiger partial charge is 0.164 e. The third-order valence-corrected chi connectivity index (χ3v) is 5.59. The zero-order chi connectivity index (χ0) is 16.6. The van der Waals surface area contributed by atoms with E-state index in [0.717, 1.165) is 14.6 Å². The fourth-order valence-electron chi connectivity index (χ4n) is 1.69. The van der Waals surface area contributed by atoms with Crippen LogP contribution >= 0.6 is 77.7 Å². The molecule has 0 unspecified atom stereocenters. The van der Waals surface area contributed by atoms with Gasteiger partial charge in [-0.3, -0.25) is 0 Å². The molecule has 4 aromatic heterocycles. The van der Waals surface area contributed by atoms with Gasteiger partial charge in [-0.15, -0.1) is 0 Å². The third kappa shape index (κ3) is 3.78. The van der Waals surface area contributed by atoms with Gasteiger partial charge in [0.15, 0.2) is 21.6 Å². The van der Waals surface area contributed by atoms with Crippen molar-refractivity contribution in [1.82, 2.24) is 29.9 Å². The highest BCUT2D eigenvalue weighted by atomic mass is 127. The van der Waals surface area contributed by atoms with E-state index in [1.807, 2.05) is 12.3 Å². The van der Waals surface area contributed by atoms with Crippen molar-refractivity contribution in [2.75, 3.05) is 0 Å². The number of nitrogens with one attached hydrogen (secondary N) is 2. The molecular weight excluding hydrogens is 586 g/mol. The van der Waals surface area contributed by atoms with Crippen LogP contribution in [0.2, 0.25) is 10.3 Å². The van der Waals surface area contributed by atoms with Crippen molar-refractivity contribution < 1.29 is 0 Å². The Hall–Kier alpha value is -0.490. The van der Waals surface area contributed by atoms with Crippen molar-refractivity contribution in [2.24, 2.45) is 0 Å². The summed E-state index contributed by atoms with van der Waals surface area (Å²) >= 11 is 20.0. The Kier molecular flexibility index (Phi) is 5.41. The lowest BCUT2D eigenvalue weighted by Gasteiger charge is -1.93. The van der Waals surface area contributed by atoms with E-state index in [1.54, 1.807) is 6.20 Å². The summed E-state index contributed by atoms with van der Waals surface area (Å²) in [6.07, 6.45) is 3.61. The predicted molar refractivity (Wildman–Crippen MR) is 106 cm³/mol. The van der Waals surface area contributed by atoms with E-state index < -0.39 is 0 Å². The first kappa shape index (κ1) is 17.3. The van der Waals surface area contributed by atoms with Gasteiger partial charge in [0.05, 0.1) is 3.57 Å². The molecule has 0 spiro atoms. The lowest BCUT2D eigenvalue weighted by atomic mass is 10.5. The molecule has 0 aliphatic carbocycles. The monoisotopic (exact) mass is 588 g/mol. The van der Waals surface area contributed by atoms with Gasteiger partial charge in [-0.05, 0) is 60.5 Å². The summed E-state index contributed by atoms with van der Waals surface area (Å²) in [5.41, 5.74) is 3.07. The van der Waals surface area contributed by atoms with Gasteiger partial charge in [0.1, 0.15) is 20.2 Å². The second-order valence-corrected chi connectivity index (χ2v) is 7.54. The molecule has 6 nitrogen and oxygen atoms in total. The van der Waals surface area contributed by atoms with Gasteiger partial charge < -0.3 is 9.97 Å². The van der Waals surface area contributed by atoms with Crippen LogP contribution in [0, 0.1) is 3.57 Å². The molecule has 4 aromatic rings. The molecule has 118 valence electrons. The average molecular weight is 591 g/mol. The maximum Gasteiger partial charge on any atom is 0.164 e. The summed E-state index contributed by atoms with van der Waals surface area (Å²) in [7, 11) is 0. The van der Waals surface area contributed by atoms with Crippen LogP contribution in [-0.2, 0) is 0 Å². The highest BCUT2D eigenvalue weighted by molar-refractivity contribution is 14.1. The Morgan fingerprint density at radius 1 is 0.913 bits per heavy atom. The Bertz CT molecular complexity index is 966. The molecule has 0 atom stereocenters. The van der Waals surface area contributed by atoms with Gasteiger partial charge in [0.25, 0.3) is 0 Å². The normalized spacial score (nSPS) is 10.8. The third-order valence-electron chi connectivity index (χ3n) is 2.68. The van der Waals surface area contributed by atoms with E-state index in [4.69, 9.17) is 23.2 Å². The maximum atomic E-state index is 5.75. The van der Waals surface area contributed by atoms with Gasteiger partial charge in [0, 0.05) is 12.4 Å². The van der Waals surface area contributed by atoms with Crippen LogP contribution < -0.4 is 0 Å². The fraction of sp³-hybridized carbons (Fsp3) is 0. The zero-order valence-electron chi connectivity index (χ0n) is 10.9. The molecule has 0 bridgehead atoms. The highest BCUT2D eigenvalue weighted by Gasteiger charge is 2.07. The second-order valence-electron chi connectivity index (χ2n) is 4.16. The van der Waals surface area contributed by atoms with Crippen LogP contribution in [0.4, 0.5) is 0 Å². The Morgan fingerprint density at radius 3 is 2.30 bits per heavy atom. The molecule has 0 fully saturated rings. The first-order valence-corrected chi connectivity index (χ1v) is 9.39. The van der Waals surface area contributed by atoms with Crippen LogP contribution in [0.15, 0.2) is 27.7 Å². The van der Waals surface area contributed by atoms with Crippen molar-refractivity contribution in [3.8, 4) is 0 Å². The minimum atomic E-state index is 0.375. The molecule has 0 amide bonds. The van der Waals surface area contributed by atoms with Gasteiger partial charge in [-0.2, -0.15) is 0 Å². The van der Waals surface area contributed by atoms with Gasteiger partial charge in [-0.1, -0.05) is 23.2 Å². The number of aromatic amines is 2. The number of fused-ring (bicyclic) bond motifs is 2. The number of aromatic nitrogens is 6. The Balaban J connectivity index is 0.000000136. The second kappa shape index (κ2) is 7.18. The summed E-state index contributed by atoms with van der Waals surface area (Å²) < 4.78 is 2.19. The van der Waals surface area contributed by atoms with Crippen LogP contribution in [0.3, 0.4) is 0 Å². The molecule has 23 heavy (non-hydrogen) atoms. The number of H-pyrrole nitrogens is 2. The Labute approximate surface area is 170 Å². The van der Waals surface area contributed by atoms with Crippen molar-refractivity contribution in [3.63, 3.8) is 0 Å². The minimum absolute atomic E-state index is 0.375. The molecule has 0 saturated carbocycles. The number of rotatable bonds is 0. The number of halogens is 5. The minimum Gasteiger partial charge on any atom is -0.345 e. The van der Waals surface area contributed by atoms with Crippen molar-refractivity contribution >= 4 is 100.0 Å². The zero-order valence-corrected chi connectivity index (χ0v) is 17.8. The van der Waals surface area contributed by atoms with Crippen LogP contribution in [0.1, 0.15) is 0 Å². The summed E-state index contributed by atoms with van der Waals surface area (Å²) in [5.74, 6) is 0. The molecule has 0 aliphatic heterocycles. The van der Waals surface area contributed by atoms with E-state index in [-0.39, 0.29) is 0 Å². The molecule has 0 radical (unpaired) electrons. The summed E-state index contributed by atoms with van der Waals surface area (Å²) in [6.45, 7) is 0. The molecule has 11 heteroatoms. The van der Waals surface area contributed by atoms with Crippen molar-refractivity contribution in [2.45, 2.75) is 0 Å². The predicted octanol–water partition coefficient (Wildman–Crippen LogP) is 5.35. The number of hydrogen-bond donors (Lipinski definition) is 2. The SMILES string of the molecule is Clc1nc2[nH]cc(I)c2nc1Br.Clc1nc2[nH]ccc2nc1Br. The summed E-state index contributed by atoms with van der Waals surface area (Å²) in [6, 6.07) is 1.84. The average Bonchev–Trinajstić information content (AvgIpc) is 3.09. The summed E-state index contributed by atoms with van der Waals surface area (Å²) in [5, 5.41) is 0.751. The largest absolute Gasteiger partial charge is 0.345 e. The van der Waals surface area contributed by atoms with E-state index in [9.17, 15) is 0 Å². The molecule has 4 heterocycles. The summed E-state index contributed by atoms with van der Waals surface area (Å²) in [4.78, 5) is 22.3. The molecular formula is C12H5Br2Cl2IN6. The first-order chi connectivity index (χ1) is 11.0. The molecule has 2 N–H and O–H groups in total.